The lowest BCUT2D eigenvalue weighted by Gasteiger charge is -2.35. The molecule has 0 aliphatic carbocycles. The van der Waals surface area contributed by atoms with Gasteiger partial charge in [0.2, 0.25) is 11.8 Å². The van der Waals surface area contributed by atoms with E-state index >= 15 is 0 Å². The predicted molar refractivity (Wildman–Crippen MR) is 76.0 cm³/mol. The van der Waals surface area contributed by atoms with E-state index in [1.807, 2.05) is 4.90 Å². The van der Waals surface area contributed by atoms with Crippen LogP contribution in [0.2, 0.25) is 0 Å². The number of aliphatic hydroxyl groups excluding tert-OH is 1. The molecule has 0 aromatic rings. The maximum Gasteiger partial charge on any atom is 0.227 e. The fourth-order valence-corrected chi connectivity index (χ4v) is 3.45. The molecule has 0 radical (unpaired) electrons. The van der Waals surface area contributed by atoms with Crippen LogP contribution >= 0.6 is 0 Å². The Morgan fingerprint density at radius 3 is 2.65 bits per heavy atom. The van der Waals surface area contributed by atoms with Crippen LogP contribution in [0.5, 0.6) is 0 Å². The van der Waals surface area contributed by atoms with Crippen molar-refractivity contribution in [2.45, 2.75) is 51.5 Å². The highest BCUT2D eigenvalue weighted by molar-refractivity contribution is 5.81. The molecule has 2 fully saturated rings. The molecule has 2 aliphatic heterocycles. The highest BCUT2D eigenvalue weighted by atomic mass is 16.3. The first kappa shape index (κ1) is 15.3. The molecule has 0 spiro atoms. The van der Waals surface area contributed by atoms with Crippen molar-refractivity contribution < 1.29 is 14.7 Å². The van der Waals surface area contributed by atoms with Gasteiger partial charge >= 0.3 is 0 Å². The number of piperidine rings is 1. The van der Waals surface area contributed by atoms with Crippen LogP contribution in [0.3, 0.4) is 0 Å². The lowest BCUT2D eigenvalue weighted by atomic mass is 9.95. The van der Waals surface area contributed by atoms with Gasteiger partial charge in [-0.25, -0.2) is 0 Å². The molecule has 5 heteroatoms. The van der Waals surface area contributed by atoms with Crippen LogP contribution in [0.4, 0.5) is 0 Å². The average molecular weight is 282 g/mol. The van der Waals surface area contributed by atoms with Gasteiger partial charge in [0.25, 0.3) is 0 Å². The third kappa shape index (κ3) is 3.51. The van der Waals surface area contributed by atoms with Crippen LogP contribution in [-0.2, 0) is 9.59 Å². The Balaban J connectivity index is 1.93. The van der Waals surface area contributed by atoms with Crippen LogP contribution < -0.4 is 0 Å². The molecule has 2 rings (SSSR count). The highest BCUT2D eigenvalue weighted by Gasteiger charge is 2.35. The van der Waals surface area contributed by atoms with Gasteiger partial charge in [-0.3, -0.25) is 9.59 Å². The predicted octanol–water partition coefficient (Wildman–Crippen LogP) is 1.01. The van der Waals surface area contributed by atoms with Crippen LogP contribution in [0.15, 0.2) is 0 Å². The first-order chi connectivity index (χ1) is 9.63. The van der Waals surface area contributed by atoms with E-state index in [0.717, 1.165) is 51.6 Å². The molecule has 114 valence electrons. The molecule has 2 saturated heterocycles. The second-order valence-corrected chi connectivity index (χ2v) is 6.00. The molecule has 5 nitrogen and oxygen atoms in total. The summed E-state index contributed by atoms with van der Waals surface area (Å²) in [4.78, 5) is 27.9. The molecule has 0 aromatic heterocycles. The monoisotopic (exact) mass is 282 g/mol. The van der Waals surface area contributed by atoms with E-state index in [0.29, 0.717) is 12.6 Å². The van der Waals surface area contributed by atoms with E-state index in [1.165, 1.54) is 0 Å². The number of nitrogens with zero attached hydrogens (tertiary/aromatic N) is 2. The van der Waals surface area contributed by atoms with Crippen molar-refractivity contribution in [2.75, 3.05) is 26.2 Å². The smallest absolute Gasteiger partial charge is 0.227 e. The number of amides is 2. The van der Waals surface area contributed by atoms with Gasteiger partial charge < -0.3 is 14.9 Å². The SMILES string of the molecule is CC(=O)N1CCCC(C(=O)N2CCCC2CCCO)C1. The van der Waals surface area contributed by atoms with Crippen LogP contribution in [0.25, 0.3) is 0 Å². The van der Waals surface area contributed by atoms with Gasteiger partial charge in [0.05, 0.1) is 5.92 Å². The fraction of sp³-hybridized carbons (Fsp3) is 0.867. The van der Waals surface area contributed by atoms with Gasteiger partial charge in [-0.05, 0) is 38.5 Å². The van der Waals surface area contributed by atoms with E-state index in [-0.39, 0.29) is 24.3 Å². The fourth-order valence-electron chi connectivity index (χ4n) is 3.45. The molecular formula is C15H26N2O3. The van der Waals surface area contributed by atoms with Crippen LogP contribution in [0, 0.1) is 5.92 Å². The van der Waals surface area contributed by atoms with Crippen molar-refractivity contribution >= 4 is 11.8 Å². The van der Waals surface area contributed by atoms with Gasteiger partial charge in [0, 0.05) is 39.2 Å². The van der Waals surface area contributed by atoms with Gasteiger partial charge in [0.15, 0.2) is 0 Å². The van der Waals surface area contributed by atoms with Crippen molar-refractivity contribution in [3.05, 3.63) is 0 Å². The Morgan fingerprint density at radius 1 is 1.20 bits per heavy atom. The Morgan fingerprint density at radius 2 is 1.95 bits per heavy atom. The number of carbonyl (C=O) groups is 2. The number of hydrogen-bond acceptors (Lipinski definition) is 3. The number of hydrogen-bond donors (Lipinski definition) is 1. The Labute approximate surface area is 120 Å². The minimum atomic E-state index is -0.0256. The quantitative estimate of drug-likeness (QED) is 0.837. The van der Waals surface area contributed by atoms with Crippen molar-refractivity contribution in [2.24, 2.45) is 5.92 Å². The third-order valence-electron chi connectivity index (χ3n) is 4.57. The second-order valence-electron chi connectivity index (χ2n) is 6.00. The van der Waals surface area contributed by atoms with E-state index in [2.05, 4.69) is 0 Å². The summed E-state index contributed by atoms with van der Waals surface area (Å²) in [5, 5.41) is 8.95. The van der Waals surface area contributed by atoms with Gasteiger partial charge in [-0.2, -0.15) is 0 Å². The lowest BCUT2D eigenvalue weighted by Crippen LogP contribution is -2.47. The molecule has 2 atom stereocenters. The molecule has 2 amide bonds. The van der Waals surface area contributed by atoms with Crippen LogP contribution in [-0.4, -0.2) is 59.0 Å². The summed E-state index contributed by atoms with van der Waals surface area (Å²) in [7, 11) is 0. The summed E-state index contributed by atoms with van der Waals surface area (Å²) >= 11 is 0. The molecule has 2 heterocycles. The third-order valence-corrected chi connectivity index (χ3v) is 4.57. The number of carbonyl (C=O) groups excluding carboxylic acids is 2. The summed E-state index contributed by atoms with van der Waals surface area (Å²) in [6.07, 6.45) is 5.58. The van der Waals surface area contributed by atoms with Gasteiger partial charge in [0.1, 0.15) is 0 Å². The molecule has 1 N–H and O–H groups in total. The molecule has 2 unspecified atom stereocenters. The molecule has 0 aromatic carbocycles. The summed E-state index contributed by atoms with van der Waals surface area (Å²) in [5.41, 5.74) is 0. The standard InChI is InChI=1S/C15H26N2O3/c1-12(19)16-8-2-5-13(11-16)15(20)17-9-3-6-14(17)7-4-10-18/h13-14,18H,2-11H2,1H3. The zero-order valence-corrected chi connectivity index (χ0v) is 12.4. The first-order valence-electron chi connectivity index (χ1n) is 7.80. The Hall–Kier alpha value is -1.10. The van der Waals surface area contributed by atoms with Crippen LogP contribution in [0.1, 0.15) is 45.4 Å². The van der Waals surface area contributed by atoms with Gasteiger partial charge in [-0.1, -0.05) is 0 Å². The van der Waals surface area contributed by atoms with E-state index in [9.17, 15) is 9.59 Å². The zero-order valence-electron chi connectivity index (χ0n) is 12.4. The van der Waals surface area contributed by atoms with Crippen molar-refractivity contribution in [3.63, 3.8) is 0 Å². The highest BCUT2D eigenvalue weighted by Crippen LogP contribution is 2.26. The molecule has 2 aliphatic rings. The minimum Gasteiger partial charge on any atom is -0.396 e. The van der Waals surface area contributed by atoms with Gasteiger partial charge in [-0.15, -0.1) is 0 Å². The average Bonchev–Trinajstić information content (AvgIpc) is 2.92. The molecule has 0 saturated carbocycles. The van der Waals surface area contributed by atoms with E-state index in [4.69, 9.17) is 5.11 Å². The normalized spacial score (nSPS) is 26.9. The van der Waals surface area contributed by atoms with Crippen molar-refractivity contribution in [3.8, 4) is 0 Å². The molecular weight excluding hydrogens is 256 g/mol. The first-order valence-corrected chi connectivity index (χ1v) is 7.80. The number of likely N-dealkylation sites (tertiary alicyclic amines) is 2. The minimum absolute atomic E-state index is 0.0256. The topological polar surface area (TPSA) is 60.9 Å². The lowest BCUT2D eigenvalue weighted by molar-refractivity contribution is -0.140. The maximum atomic E-state index is 12.7. The van der Waals surface area contributed by atoms with Crippen molar-refractivity contribution in [1.29, 1.82) is 0 Å². The summed E-state index contributed by atoms with van der Waals surface area (Å²) in [5.74, 6) is 0.263. The summed E-state index contributed by atoms with van der Waals surface area (Å²) in [6.45, 7) is 3.97. The largest absolute Gasteiger partial charge is 0.396 e. The van der Waals surface area contributed by atoms with E-state index in [1.54, 1.807) is 11.8 Å². The summed E-state index contributed by atoms with van der Waals surface area (Å²) < 4.78 is 0. The number of rotatable bonds is 4. The Bertz CT molecular complexity index is 359. The Kier molecular flexibility index (Phi) is 5.40. The second kappa shape index (κ2) is 7.07. The zero-order chi connectivity index (χ0) is 14.5. The molecule has 0 bridgehead atoms. The van der Waals surface area contributed by atoms with E-state index < -0.39 is 0 Å². The summed E-state index contributed by atoms with van der Waals surface area (Å²) in [6, 6.07) is 0.294. The number of aliphatic hydroxyl groups is 1. The van der Waals surface area contributed by atoms with Crippen molar-refractivity contribution in [1.82, 2.24) is 9.80 Å². The maximum absolute atomic E-state index is 12.7. The molecule has 20 heavy (non-hydrogen) atoms.